The van der Waals surface area contributed by atoms with Crippen molar-refractivity contribution in [2.45, 2.75) is 58.5 Å². The molecule has 0 aliphatic heterocycles. The van der Waals surface area contributed by atoms with Gasteiger partial charge in [0.15, 0.2) is 5.78 Å². The summed E-state index contributed by atoms with van der Waals surface area (Å²) in [5, 5.41) is 11.6. The first-order chi connectivity index (χ1) is 11.5. The molecular formula is C17H23N5O2. The number of anilines is 1. The number of hydrogen-bond acceptors (Lipinski definition) is 4. The van der Waals surface area contributed by atoms with Gasteiger partial charge in [-0.05, 0) is 25.8 Å². The molecule has 0 atom stereocenters. The lowest BCUT2D eigenvalue weighted by atomic mass is 9.96. The van der Waals surface area contributed by atoms with Gasteiger partial charge in [-0.2, -0.15) is 10.2 Å². The quantitative estimate of drug-likeness (QED) is 0.855. The minimum Gasteiger partial charge on any atom is -0.309 e. The standard InChI is InChI=1S/C17H23N5O2/c1-12-10-16(22(19-12)14-6-4-3-5-7-14)18-17(24)11-21-9-8-15(20-21)13(2)23/h8-10,14H,3-7,11H2,1-2H3,(H,18,24). The van der Waals surface area contributed by atoms with Gasteiger partial charge in [0.2, 0.25) is 5.91 Å². The summed E-state index contributed by atoms with van der Waals surface area (Å²) in [4.78, 5) is 23.6. The fraction of sp³-hybridized carbons (Fsp3) is 0.529. The lowest BCUT2D eigenvalue weighted by Crippen LogP contribution is -2.23. The van der Waals surface area contributed by atoms with Crippen LogP contribution in [-0.2, 0) is 11.3 Å². The molecule has 0 spiro atoms. The highest BCUT2D eigenvalue weighted by molar-refractivity contribution is 5.92. The molecule has 1 amide bonds. The lowest BCUT2D eigenvalue weighted by Gasteiger charge is -2.23. The Kier molecular flexibility index (Phi) is 4.78. The third kappa shape index (κ3) is 3.72. The summed E-state index contributed by atoms with van der Waals surface area (Å²) in [6.07, 6.45) is 7.53. The molecule has 2 aromatic heterocycles. The van der Waals surface area contributed by atoms with Gasteiger partial charge >= 0.3 is 0 Å². The minimum absolute atomic E-state index is 0.0716. The summed E-state index contributed by atoms with van der Waals surface area (Å²) in [7, 11) is 0. The molecule has 7 nitrogen and oxygen atoms in total. The topological polar surface area (TPSA) is 81.8 Å². The number of Topliss-reactive ketones (excluding diaryl/α,β-unsaturated/α-hetero) is 1. The average Bonchev–Trinajstić information content (AvgIpc) is 3.15. The van der Waals surface area contributed by atoms with Crippen molar-refractivity contribution in [3.05, 3.63) is 29.7 Å². The molecule has 0 unspecified atom stereocenters. The van der Waals surface area contributed by atoms with E-state index in [1.54, 1.807) is 12.3 Å². The van der Waals surface area contributed by atoms with Crippen LogP contribution in [0, 0.1) is 6.92 Å². The molecule has 2 heterocycles. The van der Waals surface area contributed by atoms with Gasteiger partial charge in [0.25, 0.3) is 0 Å². The molecular weight excluding hydrogens is 306 g/mol. The molecule has 1 aliphatic carbocycles. The predicted octanol–water partition coefficient (Wildman–Crippen LogP) is 2.73. The van der Waals surface area contributed by atoms with Gasteiger partial charge in [0.1, 0.15) is 18.1 Å². The van der Waals surface area contributed by atoms with Crippen LogP contribution in [0.1, 0.15) is 61.3 Å². The zero-order valence-corrected chi connectivity index (χ0v) is 14.2. The van der Waals surface area contributed by atoms with Crippen LogP contribution in [0.2, 0.25) is 0 Å². The molecule has 0 saturated heterocycles. The number of rotatable bonds is 5. The summed E-state index contributed by atoms with van der Waals surface area (Å²) in [6, 6.07) is 3.87. The Morgan fingerprint density at radius 3 is 2.67 bits per heavy atom. The zero-order chi connectivity index (χ0) is 17.1. The fourth-order valence-electron chi connectivity index (χ4n) is 3.18. The maximum absolute atomic E-state index is 12.3. The largest absolute Gasteiger partial charge is 0.309 e. The van der Waals surface area contributed by atoms with E-state index in [0.717, 1.165) is 24.4 Å². The number of nitrogens with one attached hydrogen (secondary N) is 1. The number of hydrogen-bond donors (Lipinski definition) is 1. The Morgan fingerprint density at radius 2 is 2.00 bits per heavy atom. The van der Waals surface area contributed by atoms with E-state index in [-0.39, 0.29) is 18.2 Å². The molecule has 0 aromatic carbocycles. The average molecular weight is 329 g/mol. The van der Waals surface area contributed by atoms with Crippen LogP contribution in [0.3, 0.4) is 0 Å². The number of carbonyl (C=O) groups excluding carboxylic acids is 2. The molecule has 0 radical (unpaired) electrons. The normalized spacial score (nSPS) is 15.4. The van der Waals surface area contributed by atoms with Crippen LogP contribution in [0.15, 0.2) is 18.3 Å². The lowest BCUT2D eigenvalue weighted by molar-refractivity contribution is -0.117. The highest BCUT2D eigenvalue weighted by Gasteiger charge is 2.20. The molecule has 128 valence electrons. The van der Waals surface area contributed by atoms with Crippen LogP contribution in [0.4, 0.5) is 5.82 Å². The number of amides is 1. The van der Waals surface area contributed by atoms with Crippen molar-refractivity contribution < 1.29 is 9.59 Å². The van der Waals surface area contributed by atoms with E-state index in [1.165, 1.54) is 30.9 Å². The molecule has 0 bridgehead atoms. The number of nitrogens with zero attached hydrogens (tertiary/aromatic N) is 4. The third-order valence-electron chi connectivity index (χ3n) is 4.35. The Bertz CT molecular complexity index is 740. The SMILES string of the molecule is CC(=O)c1ccn(CC(=O)Nc2cc(C)nn2C2CCCCC2)n1. The second-order valence-corrected chi connectivity index (χ2v) is 6.41. The molecule has 24 heavy (non-hydrogen) atoms. The van der Waals surface area contributed by atoms with Crippen molar-refractivity contribution in [1.29, 1.82) is 0 Å². The van der Waals surface area contributed by atoms with Gasteiger partial charge in [0, 0.05) is 19.2 Å². The van der Waals surface area contributed by atoms with E-state index >= 15 is 0 Å². The fourth-order valence-corrected chi connectivity index (χ4v) is 3.18. The second kappa shape index (κ2) is 6.98. The van der Waals surface area contributed by atoms with Crippen LogP contribution in [-0.4, -0.2) is 31.3 Å². The Hall–Kier alpha value is -2.44. The van der Waals surface area contributed by atoms with Crippen LogP contribution in [0.5, 0.6) is 0 Å². The summed E-state index contributed by atoms with van der Waals surface area (Å²) < 4.78 is 3.43. The van der Waals surface area contributed by atoms with E-state index in [2.05, 4.69) is 15.5 Å². The summed E-state index contributed by atoms with van der Waals surface area (Å²) in [5.41, 5.74) is 1.26. The van der Waals surface area contributed by atoms with Crippen LogP contribution >= 0.6 is 0 Å². The number of aryl methyl sites for hydroxylation is 1. The van der Waals surface area contributed by atoms with Gasteiger partial charge in [-0.3, -0.25) is 14.3 Å². The molecule has 2 aromatic rings. The van der Waals surface area contributed by atoms with Gasteiger partial charge in [-0.25, -0.2) is 4.68 Å². The van der Waals surface area contributed by atoms with E-state index < -0.39 is 0 Å². The Morgan fingerprint density at radius 1 is 1.25 bits per heavy atom. The third-order valence-corrected chi connectivity index (χ3v) is 4.35. The predicted molar refractivity (Wildman–Crippen MR) is 89.9 cm³/mol. The highest BCUT2D eigenvalue weighted by atomic mass is 16.2. The molecule has 1 N–H and O–H groups in total. The summed E-state index contributed by atoms with van der Waals surface area (Å²) >= 11 is 0. The van der Waals surface area contributed by atoms with Crippen LogP contribution in [0.25, 0.3) is 0 Å². The van der Waals surface area contributed by atoms with Crippen molar-refractivity contribution in [1.82, 2.24) is 19.6 Å². The van der Waals surface area contributed by atoms with Crippen LogP contribution < -0.4 is 5.32 Å². The van der Waals surface area contributed by atoms with Crippen molar-refractivity contribution in [2.75, 3.05) is 5.32 Å². The number of aromatic nitrogens is 4. The molecule has 3 rings (SSSR count). The smallest absolute Gasteiger partial charge is 0.247 e. The maximum atomic E-state index is 12.3. The first-order valence-corrected chi connectivity index (χ1v) is 8.43. The molecule has 1 saturated carbocycles. The molecule has 1 aliphatic rings. The maximum Gasteiger partial charge on any atom is 0.247 e. The van der Waals surface area contributed by atoms with Crippen molar-refractivity contribution in [2.24, 2.45) is 0 Å². The second-order valence-electron chi connectivity index (χ2n) is 6.41. The van der Waals surface area contributed by atoms with Gasteiger partial charge in [0.05, 0.1) is 11.7 Å². The number of ketones is 1. The van der Waals surface area contributed by atoms with Crippen molar-refractivity contribution in [3.63, 3.8) is 0 Å². The van der Waals surface area contributed by atoms with Gasteiger partial charge in [-0.1, -0.05) is 19.3 Å². The van der Waals surface area contributed by atoms with Crippen molar-refractivity contribution >= 4 is 17.5 Å². The summed E-state index contributed by atoms with van der Waals surface area (Å²) in [5.74, 6) is 0.452. The van der Waals surface area contributed by atoms with E-state index in [9.17, 15) is 9.59 Å². The monoisotopic (exact) mass is 329 g/mol. The minimum atomic E-state index is -0.176. The highest BCUT2D eigenvalue weighted by Crippen LogP contribution is 2.30. The van der Waals surface area contributed by atoms with Crippen molar-refractivity contribution in [3.8, 4) is 0 Å². The zero-order valence-electron chi connectivity index (χ0n) is 14.2. The Labute approximate surface area is 141 Å². The van der Waals surface area contributed by atoms with Gasteiger partial charge in [-0.15, -0.1) is 0 Å². The number of carbonyl (C=O) groups is 2. The summed E-state index contributed by atoms with van der Waals surface area (Å²) in [6.45, 7) is 3.46. The van der Waals surface area contributed by atoms with E-state index in [1.807, 2.05) is 17.7 Å². The van der Waals surface area contributed by atoms with E-state index in [4.69, 9.17) is 0 Å². The molecule has 7 heteroatoms. The molecule has 1 fully saturated rings. The van der Waals surface area contributed by atoms with E-state index in [0.29, 0.717) is 11.7 Å². The first-order valence-electron chi connectivity index (χ1n) is 8.43. The Balaban J connectivity index is 1.68. The first kappa shape index (κ1) is 16.4. The van der Waals surface area contributed by atoms with Gasteiger partial charge < -0.3 is 5.32 Å².